The van der Waals surface area contributed by atoms with E-state index < -0.39 is 6.09 Å². The quantitative estimate of drug-likeness (QED) is 0.462. The van der Waals surface area contributed by atoms with Crippen molar-refractivity contribution in [2.45, 2.75) is 26.9 Å². The number of hydrogen-bond acceptors (Lipinski definition) is 6. The van der Waals surface area contributed by atoms with Gasteiger partial charge in [-0.2, -0.15) is 5.10 Å². The van der Waals surface area contributed by atoms with Crippen LogP contribution in [0.5, 0.6) is 0 Å². The fraction of sp³-hybridized carbons (Fsp3) is 0.182. The Morgan fingerprint density at radius 1 is 1.17 bits per heavy atom. The third-order valence-corrected chi connectivity index (χ3v) is 5.21. The largest absolute Gasteiger partial charge is 0.447 e. The van der Waals surface area contributed by atoms with Gasteiger partial charge in [0.1, 0.15) is 0 Å². The summed E-state index contributed by atoms with van der Waals surface area (Å²) in [5, 5.41) is 9.02. The number of aryl methyl sites for hydroxylation is 1. The molecule has 0 aliphatic heterocycles. The van der Waals surface area contributed by atoms with Gasteiger partial charge in [-0.3, -0.25) is 10.1 Å². The summed E-state index contributed by atoms with van der Waals surface area (Å²) in [6.45, 7) is 5.45. The van der Waals surface area contributed by atoms with Crippen molar-refractivity contribution in [1.82, 2.24) is 14.6 Å². The number of ketones is 1. The van der Waals surface area contributed by atoms with Crippen LogP contribution in [0.25, 0.3) is 16.9 Å². The number of thiophene rings is 1. The van der Waals surface area contributed by atoms with Crippen LogP contribution in [0.1, 0.15) is 34.8 Å². The highest BCUT2D eigenvalue weighted by Crippen LogP contribution is 2.26. The molecule has 152 valence electrons. The molecule has 30 heavy (non-hydrogen) atoms. The van der Waals surface area contributed by atoms with E-state index in [2.05, 4.69) is 15.4 Å². The summed E-state index contributed by atoms with van der Waals surface area (Å²) in [6, 6.07) is 12.9. The van der Waals surface area contributed by atoms with Gasteiger partial charge in [0.2, 0.25) is 5.78 Å². The molecule has 0 aliphatic carbocycles. The number of anilines is 1. The van der Waals surface area contributed by atoms with Crippen LogP contribution in [0, 0.1) is 6.92 Å². The fourth-order valence-corrected chi connectivity index (χ4v) is 3.79. The standard InChI is InChI=1S/C22H20N4O3S/c1-13(2)29-22(28)25-16-7-4-6-15(11-16)18-10-14(3)24-21-17(12-23-26(18)21)20(27)19-8-5-9-30-19/h4-13H,1-3H3,(H,25,28). The molecule has 1 aromatic carbocycles. The van der Waals surface area contributed by atoms with E-state index in [1.165, 1.54) is 11.3 Å². The van der Waals surface area contributed by atoms with Crippen LogP contribution in [0.3, 0.4) is 0 Å². The molecule has 0 spiro atoms. The number of fused-ring (bicyclic) bond motifs is 1. The van der Waals surface area contributed by atoms with Gasteiger partial charge in [0, 0.05) is 16.9 Å². The molecule has 3 aromatic heterocycles. The minimum atomic E-state index is -0.513. The van der Waals surface area contributed by atoms with Crippen LogP contribution >= 0.6 is 11.3 Å². The molecule has 4 rings (SSSR count). The van der Waals surface area contributed by atoms with E-state index in [4.69, 9.17) is 4.74 Å². The minimum Gasteiger partial charge on any atom is -0.447 e. The number of amides is 1. The second kappa shape index (κ2) is 8.08. The summed E-state index contributed by atoms with van der Waals surface area (Å²) in [5.41, 5.74) is 3.91. The van der Waals surface area contributed by atoms with Crippen molar-refractivity contribution in [3.8, 4) is 11.3 Å². The molecule has 7 nitrogen and oxygen atoms in total. The van der Waals surface area contributed by atoms with Crippen molar-refractivity contribution in [3.05, 3.63) is 70.2 Å². The van der Waals surface area contributed by atoms with Gasteiger partial charge in [-0.15, -0.1) is 11.3 Å². The van der Waals surface area contributed by atoms with Crippen LogP contribution < -0.4 is 5.32 Å². The molecule has 0 saturated heterocycles. The summed E-state index contributed by atoms with van der Waals surface area (Å²) >= 11 is 1.39. The molecule has 1 N–H and O–H groups in total. The van der Waals surface area contributed by atoms with Crippen LogP contribution in [0.2, 0.25) is 0 Å². The first-order valence-corrected chi connectivity index (χ1v) is 10.3. The molecule has 8 heteroatoms. The van der Waals surface area contributed by atoms with E-state index >= 15 is 0 Å². The molecule has 4 aromatic rings. The molecule has 0 fully saturated rings. The zero-order valence-electron chi connectivity index (χ0n) is 16.7. The highest BCUT2D eigenvalue weighted by Gasteiger charge is 2.19. The average molecular weight is 420 g/mol. The van der Waals surface area contributed by atoms with Gasteiger partial charge in [-0.05, 0) is 50.4 Å². The Bertz CT molecular complexity index is 1230. The maximum atomic E-state index is 12.9. The highest BCUT2D eigenvalue weighted by molar-refractivity contribution is 7.12. The van der Waals surface area contributed by atoms with Crippen molar-refractivity contribution in [2.24, 2.45) is 0 Å². The van der Waals surface area contributed by atoms with E-state index in [0.29, 0.717) is 21.8 Å². The number of benzene rings is 1. The van der Waals surface area contributed by atoms with Crippen molar-refractivity contribution < 1.29 is 14.3 Å². The normalized spacial score (nSPS) is 11.1. The zero-order chi connectivity index (χ0) is 21.3. The van der Waals surface area contributed by atoms with Gasteiger partial charge in [-0.1, -0.05) is 18.2 Å². The predicted octanol–water partition coefficient (Wildman–Crippen LogP) is 4.95. The molecular weight excluding hydrogens is 400 g/mol. The second-order valence-electron chi connectivity index (χ2n) is 7.04. The molecule has 0 saturated carbocycles. The SMILES string of the molecule is Cc1cc(-c2cccc(NC(=O)OC(C)C)c2)n2ncc(C(=O)c3cccs3)c2n1. The smallest absolute Gasteiger partial charge is 0.411 e. The zero-order valence-corrected chi connectivity index (χ0v) is 17.6. The van der Waals surface area contributed by atoms with Gasteiger partial charge in [0.05, 0.1) is 28.4 Å². The lowest BCUT2D eigenvalue weighted by atomic mass is 10.1. The molecule has 3 heterocycles. The number of hydrogen-bond donors (Lipinski definition) is 1. The molecule has 0 radical (unpaired) electrons. The first-order valence-electron chi connectivity index (χ1n) is 9.44. The Kier molecular flexibility index (Phi) is 5.33. The molecule has 0 aliphatic rings. The van der Waals surface area contributed by atoms with E-state index in [0.717, 1.165) is 17.0 Å². The van der Waals surface area contributed by atoms with Crippen molar-refractivity contribution in [2.75, 3.05) is 5.32 Å². The van der Waals surface area contributed by atoms with Gasteiger partial charge in [-0.25, -0.2) is 14.3 Å². The number of rotatable bonds is 5. The third-order valence-electron chi connectivity index (χ3n) is 4.34. The Balaban J connectivity index is 1.74. The summed E-state index contributed by atoms with van der Waals surface area (Å²) in [4.78, 5) is 30.0. The predicted molar refractivity (Wildman–Crippen MR) is 116 cm³/mol. The lowest BCUT2D eigenvalue weighted by Gasteiger charge is -2.11. The van der Waals surface area contributed by atoms with Gasteiger partial charge < -0.3 is 4.74 Å². The molecule has 0 bridgehead atoms. The van der Waals surface area contributed by atoms with Crippen LogP contribution in [0.15, 0.2) is 54.0 Å². The first-order chi connectivity index (χ1) is 14.4. The van der Waals surface area contributed by atoms with Crippen molar-refractivity contribution in [3.63, 3.8) is 0 Å². The van der Waals surface area contributed by atoms with E-state index in [1.54, 1.807) is 36.7 Å². The average Bonchev–Trinajstić information content (AvgIpc) is 3.36. The molecule has 0 unspecified atom stereocenters. The highest BCUT2D eigenvalue weighted by atomic mass is 32.1. The fourth-order valence-electron chi connectivity index (χ4n) is 3.11. The number of ether oxygens (including phenoxy) is 1. The van der Waals surface area contributed by atoms with Gasteiger partial charge in [0.15, 0.2) is 5.65 Å². The number of carbonyl (C=O) groups excluding carboxylic acids is 2. The second-order valence-corrected chi connectivity index (χ2v) is 7.99. The van der Waals surface area contributed by atoms with E-state index in [1.807, 2.05) is 42.6 Å². The number of nitrogens with zero attached hydrogens (tertiary/aromatic N) is 3. The molecular formula is C22H20N4O3S. The summed E-state index contributed by atoms with van der Waals surface area (Å²) < 4.78 is 6.79. The van der Waals surface area contributed by atoms with Crippen molar-refractivity contribution in [1.29, 1.82) is 0 Å². The third kappa shape index (κ3) is 3.95. The van der Waals surface area contributed by atoms with Crippen LogP contribution in [0.4, 0.5) is 10.5 Å². The van der Waals surface area contributed by atoms with Crippen LogP contribution in [-0.4, -0.2) is 32.6 Å². The number of nitrogens with one attached hydrogen (secondary N) is 1. The van der Waals surface area contributed by atoms with Gasteiger partial charge in [0.25, 0.3) is 0 Å². The summed E-state index contributed by atoms with van der Waals surface area (Å²) in [7, 11) is 0. The lowest BCUT2D eigenvalue weighted by molar-refractivity contribution is 0.104. The lowest BCUT2D eigenvalue weighted by Crippen LogP contribution is -2.17. The molecule has 0 atom stereocenters. The monoisotopic (exact) mass is 420 g/mol. The maximum Gasteiger partial charge on any atom is 0.411 e. The topological polar surface area (TPSA) is 85.6 Å². The number of carbonyl (C=O) groups is 2. The molecule has 1 amide bonds. The van der Waals surface area contributed by atoms with Crippen LogP contribution in [-0.2, 0) is 4.74 Å². The summed E-state index contributed by atoms with van der Waals surface area (Å²) in [5.74, 6) is -0.101. The maximum absolute atomic E-state index is 12.9. The van der Waals surface area contributed by atoms with Crippen molar-refractivity contribution >= 4 is 34.5 Å². The Labute approximate surface area is 177 Å². The summed E-state index contributed by atoms with van der Waals surface area (Å²) in [6.07, 6.45) is 0.829. The minimum absolute atomic E-state index is 0.101. The van der Waals surface area contributed by atoms with E-state index in [-0.39, 0.29) is 11.9 Å². The van der Waals surface area contributed by atoms with E-state index in [9.17, 15) is 9.59 Å². The van der Waals surface area contributed by atoms with Gasteiger partial charge >= 0.3 is 6.09 Å². The number of aromatic nitrogens is 3. The first kappa shape index (κ1) is 19.8. The Morgan fingerprint density at radius 3 is 2.73 bits per heavy atom. The Hall–Kier alpha value is -3.52. The Morgan fingerprint density at radius 2 is 2.00 bits per heavy atom.